The fourth-order valence-electron chi connectivity index (χ4n) is 4.76. The van der Waals surface area contributed by atoms with Crippen molar-refractivity contribution in [1.82, 2.24) is 0 Å². The maximum atomic E-state index is 12.7. The third-order valence-corrected chi connectivity index (χ3v) is 7.20. The van der Waals surface area contributed by atoms with Gasteiger partial charge in [-0.2, -0.15) is 0 Å². The molecule has 0 saturated carbocycles. The van der Waals surface area contributed by atoms with Crippen molar-refractivity contribution in [3.05, 3.63) is 46.6 Å². The van der Waals surface area contributed by atoms with Gasteiger partial charge in [-0.15, -0.1) is 0 Å². The number of fused-ring (bicyclic) bond motifs is 1. The van der Waals surface area contributed by atoms with Gasteiger partial charge in [0.05, 0.1) is 12.7 Å². The van der Waals surface area contributed by atoms with Crippen molar-refractivity contribution in [1.29, 1.82) is 0 Å². The van der Waals surface area contributed by atoms with Gasteiger partial charge in [0.25, 0.3) is 0 Å². The van der Waals surface area contributed by atoms with Gasteiger partial charge in [0.15, 0.2) is 23.2 Å². The summed E-state index contributed by atoms with van der Waals surface area (Å²) in [5, 5.41) is 91.0. The van der Waals surface area contributed by atoms with Crippen LogP contribution in [0, 0.1) is 0 Å². The second-order valence-electron chi connectivity index (χ2n) is 10.1. The molecule has 2 saturated heterocycles. The van der Waals surface area contributed by atoms with Gasteiger partial charge in [0.2, 0.25) is 6.29 Å². The Morgan fingerprint density at radius 2 is 1.43 bits per heavy atom. The number of phenolic OH excluding ortho intramolecular Hbond substituents is 3. The summed E-state index contributed by atoms with van der Waals surface area (Å²) in [6, 6.07) is 7.09. The van der Waals surface area contributed by atoms with E-state index in [1.54, 1.807) is 0 Å². The van der Waals surface area contributed by atoms with E-state index in [2.05, 4.69) is 0 Å². The van der Waals surface area contributed by atoms with E-state index < -0.39 is 84.9 Å². The molecule has 1 unspecified atom stereocenters. The molecular weight excluding hydrogens is 564 g/mol. The molecule has 15 heteroatoms. The van der Waals surface area contributed by atoms with Crippen molar-refractivity contribution < 1.29 is 69.3 Å². The van der Waals surface area contributed by atoms with Crippen LogP contribution in [0.3, 0.4) is 0 Å². The monoisotopic (exact) mass is 594 g/mol. The van der Waals surface area contributed by atoms with Gasteiger partial charge >= 0.3 is 0 Å². The summed E-state index contributed by atoms with van der Waals surface area (Å²) >= 11 is 0. The predicted molar refractivity (Wildman–Crippen MR) is 139 cm³/mol. The summed E-state index contributed by atoms with van der Waals surface area (Å²) in [6.45, 7) is 0.938. The van der Waals surface area contributed by atoms with Crippen LogP contribution in [0.2, 0.25) is 0 Å². The molecule has 1 aromatic heterocycles. The number of rotatable bonds is 6. The van der Waals surface area contributed by atoms with Crippen LogP contribution in [0.15, 0.2) is 45.6 Å². The van der Waals surface area contributed by atoms with Crippen molar-refractivity contribution in [2.24, 2.45) is 0 Å². The van der Waals surface area contributed by atoms with Gasteiger partial charge in [-0.1, -0.05) is 0 Å². The van der Waals surface area contributed by atoms with Crippen LogP contribution in [-0.2, 0) is 14.2 Å². The number of aromatic hydroxyl groups is 3. The molecule has 42 heavy (non-hydrogen) atoms. The molecule has 0 bridgehead atoms. The molecule has 9 N–H and O–H groups in total. The number of aliphatic hydroxyl groups is 6. The number of aliphatic hydroxyl groups excluding tert-OH is 6. The lowest BCUT2D eigenvalue weighted by Gasteiger charge is -2.42. The van der Waals surface area contributed by atoms with Crippen molar-refractivity contribution in [2.75, 3.05) is 6.61 Å². The van der Waals surface area contributed by atoms with Crippen LogP contribution in [0.5, 0.6) is 23.0 Å². The maximum Gasteiger partial charge on any atom is 0.229 e. The van der Waals surface area contributed by atoms with Gasteiger partial charge in [-0.3, -0.25) is 4.79 Å². The maximum absolute atomic E-state index is 12.7. The predicted octanol–water partition coefficient (Wildman–Crippen LogP) is -1.39. The number of ether oxygens (including phenoxy) is 4. The van der Waals surface area contributed by atoms with Crippen molar-refractivity contribution >= 4 is 11.0 Å². The zero-order valence-electron chi connectivity index (χ0n) is 21.9. The summed E-state index contributed by atoms with van der Waals surface area (Å²) in [5.41, 5.74) is -0.541. The fraction of sp³-hybridized carbons (Fsp3) is 0.444. The van der Waals surface area contributed by atoms with Gasteiger partial charge in [-0.25, -0.2) is 0 Å². The number of phenols is 3. The van der Waals surface area contributed by atoms with E-state index in [0.29, 0.717) is 0 Å². The Hall–Kier alpha value is -3.51. The molecule has 2 aliphatic rings. The van der Waals surface area contributed by atoms with E-state index in [1.165, 1.54) is 31.2 Å². The highest BCUT2D eigenvalue weighted by molar-refractivity contribution is 5.86. The van der Waals surface area contributed by atoms with E-state index in [1.807, 2.05) is 0 Å². The normalized spacial score (nSPS) is 33.5. The number of hydrogen-bond donors (Lipinski definition) is 9. The Morgan fingerprint density at radius 1 is 0.738 bits per heavy atom. The molecule has 0 amide bonds. The molecule has 0 aliphatic carbocycles. The SMILES string of the molecule is C[C@@H]1O[C@@H](OC[C@H]2OC(Oc3cc(O)c4c(=O)cc(-c5ccc(O)c(O)c5)oc4c3)[C@H](O)[C@@H](O)[C@@H]2O)[C@H](O)[C@H](O)[C@H]1O. The minimum absolute atomic E-state index is 0.0110. The number of hydrogen-bond acceptors (Lipinski definition) is 15. The second kappa shape index (κ2) is 11.6. The molecule has 15 nitrogen and oxygen atoms in total. The third kappa shape index (κ3) is 5.61. The summed E-state index contributed by atoms with van der Waals surface area (Å²) in [7, 11) is 0. The second-order valence-corrected chi connectivity index (χ2v) is 10.1. The Labute approximate surface area is 236 Å². The first-order valence-electron chi connectivity index (χ1n) is 12.9. The van der Waals surface area contributed by atoms with Crippen LogP contribution in [0.25, 0.3) is 22.3 Å². The minimum atomic E-state index is -1.79. The van der Waals surface area contributed by atoms with Crippen LogP contribution in [0.4, 0.5) is 0 Å². The first kappa shape index (κ1) is 30.0. The largest absolute Gasteiger partial charge is 0.507 e. The fourth-order valence-corrected chi connectivity index (χ4v) is 4.76. The van der Waals surface area contributed by atoms with Gasteiger partial charge < -0.3 is 69.3 Å². The van der Waals surface area contributed by atoms with Crippen LogP contribution in [-0.4, -0.2) is 114 Å². The molecule has 0 spiro atoms. The van der Waals surface area contributed by atoms with E-state index in [0.717, 1.165) is 12.1 Å². The lowest BCUT2D eigenvalue weighted by molar-refractivity contribution is -0.318. The molecule has 228 valence electrons. The average Bonchev–Trinajstić information content (AvgIpc) is 2.95. The molecule has 0 radical (unpaired) electrons. The first-order valence-corrected chi connectivity index (χ1v) is 12.9. The van der Waals surface area contributed by atoms with Gasteiger partial charge in [-0.05, 0) is 25.1 Å². The Morgan fingerprint density at radius 3 is 2.14 bits per heavy atom. The lowest BCUT2D eigenvalue weighted by Crippen LogP contribution is -2.61. The average molecular weight is 595 g/mol. The van der Waals surface area contributed by atoms with Crippen LogP contribution in [0.1, 0.15) is 6.92 Å². The zero-order chi connectivity index (χ0) is 30.5. The van der Waals surface area contributed by atoms with Crippen molar-refractivity contribution in [3.63, 3.8) is 0 Å². The highest BCUT2D eigenvalue weighted by Crippen LogP contribution is 2.35. The quantitative estimate of drug-likeness (QED) is 0.149. The van der Waals surface area contributed by atoms with Crippen LogP contribution < -0.4 is 10.2 Å². The first-order chi connectivity index (χ1) is 19.8. The Balaban J connectivity index is 1.36. The van der Waals surface area contributed by atoms with Gasteiger partial charge in [0, 0.05) is 23.8 Å². The molecule has 10 atom stereocenters. The van der Waals surface area contributed by atoms with E-state index in [4.69, 9.17) is 23.4 Å². The molecule has 2 aromatic carbocycles. The number of benzene rings is 2. The molecular formula is C27H30O15. The molecule has 2 aliphatic heterocycles. The Kier molecular flexibility index (Phi) is 8.30. The molecule has 3 heterocycles. The van der Waals surface area contributed by atoms with Crippen molar-refractivity contribution in [3.8, 4) is 34.3 Å². The Bertz CT molecular complexity index is 1490. The van der Waals surface area contributed by atoms with Gasteiger partial charge in [0.1, 0.15) is 71.0 Å². The zero-order valence-corrected chi connectivity index (χ0v) is 21.9. The summed E-state index contributed by atoms with van der Waals surface area (Å²) < 4.78 is 27.8. The smallest absolute Gasteiger partial charge is 0.229 e. The minimum Gasteiger partial charge on any atom is -0.507 e. The van der Waals surface area contributed by atoms with E-state index in [9.17, 15) is 50.8 Å². The summed E-state index contributed by atoms with van der Waals surface area (Å²) in [6.07, 6.45) is -15.1. The lowest BCUT2D eigenvalue weighted by atomic mass is 9.98. The van der Waals surface area contributed by atoms with Crippen LogP contribution >= 0.6 is 0 Å². The highest BCUT2D eigenvalue weighted by Gasteiger charge is 2.47. The summed E-state index contributed by atoms with van der Waals surface area (Å²) in [5.74, 6) is -1.56. The standard InChI is InChI=1S/C27H30O15/c1-9-20(32)22(34)24(36)26(39-9)38-8-18-21(33)23(35)25(37)27(42-18)40-11-5-14(30)19-15(31)7-16(41-17(19)6-11)10-2-3-12(28)13(29)4-10/h2-7,9,18,20-30,32-37H,8H2,1H3/t9-,18+,20-,21+,22+,23-,24+,25+,26+,27?/m0/s1. The highest BCUT2D eigenvalue weighted by atomic mass is 16.7. The van der Waals surface area contributed by atoms with Crippen molar-refractivity contribution in [2.45, 2.75) is 68.3 Å². The van der Waals surface area contributed by atoms with E-state index >= 15 is 0 Å². The molecule has 5 rings (SSSR count). The van der Waals surface area contributed by atoms with E-state index in [-0.39, 0.29) is 33.8 Å². The topological polar surface area (TPSA) is 249 Å². The third-order valence-electron chi connectivity index (χ3n) is 7.20. The molecule has 2 fully saturated rings. The summed E-state index contributed by atoms with van der Waals surface area (Å²) in [4.78, 5) is 12.7. The molecule has 3 aromatic rings.